The van der Waals surface area contributed by atoms with Gasteiger partial charge >= 0.3 is 0 Å². The molecule has 98 valence electrons. The maximum Gasteiger partial charge on any atom is 0.250 e. The van der Waals surface area contributed by atoms with Gasteiger partial charge in [-0.1, -0.05) is 0 Å². The summed E-state index contributed by atoms with van der Waals surface area (Å²) in [5.41, 5.74) is 12.6. The van der Waals surface area contributed by atoms with Crippen molar-refractivity contribution in [2.45, 2.75) is 31.9 Å². The Morgan fingerprint density at radius 2 is 2.22 bits per heavy atom. The van der Waals surface area contributed by atoms with Gasteiger partial charge in [-0.05, 0) is 38.0 Å². The van der Waals surface area contributed by atoms with Crippen molar-refractivity contribution in [3.8, 4) is 0 Å². The Hall–Kier alpha value is -1.75. The molecule has 0 bridgehead atoms. The molecule has 0 aliphatic heterocycles. The van der Waals surface area contributed by atoms with Crippen molar-refractivity contribution in [2.24, 2.45) is 5.73 Å². The highest BCUT2D eigenvalue weighted by Gasteiger charge is 2.29. The number of hydrogen-bond donors (Lipinski definition) is 3. The van der Waals surface area contributed by atoms with Crippen molar-refractivity contribution in [3.05, 3.63) is 23.8 Å². The largest absolute Gasteiger partial charge is 0.398 e. The molecule has 1 saturated carbocycles. The molecule has 5 nitrogen and oxygen atoms in total. The Morgan fingerprint density at radius 1 is 1.50 bits per heavy atom. The van der Waals surface area contributed by atoms with Gasteiger partial charge in [0.05, 0.1) is 11.7 Å². The summed E-state index contributed by atoms with van der Waals surface area (Å²) in [4.78, 5) is 11.2. The molecular formula is C13H19N3O2. The summed E-state index contributed by atoms with van der Waals surface area (Å²) in [6.07, 6.45) is 2.34. The number of hydrogen-bond acceptors (Lipinski definition) is 4. The van der Waals surface area contributed by atoms with E-state index in [2.05, 4.69) is 5.32 Å². The number of ether oxygens (including phenoxy) is 1. The average Bonchev–Trinajstić information content (AvgIpc) is 2.28. The lowest BCUT2D eigenvalue weighted by molar-refractivity contribution is 0.00299. The number of nitrogens with two attached hydrogens (primary N) is 2. The number of carbonyl (C=O) groups excluding carboxylic acids is 1. The second-order valence-corrected chi connectivity index (χ2v) is 4.56. The smallest absolute Gasteiger partial charge is 0.250 e. The molecule has 1 aromatic rings. The Kier molecular flexibility index (Phi) is 3.72. The molecule has 0 radical (unpaired) electrons. The van der Waals surface area contributed by atoms with E-state index < -0.39 is 5.91 Å². The number of anilines is 2. The van der Waals surface area contributed by atoms with Crippen LogP contribution in [0.3, 0.4) is 0 Å². The topological polar surface area (TPSA) is 90.4 Å². The van der Waals surface area contributed by atoms with E-state index in [1.807, 2.05) is 13.0 Å². The van der Waals surface area contributed by atoms with Gasteiger partial charge in [-0.25, -0.2) is 0 Å². The fourth-order valence-electron chi connectivity index (χ4n) is 2.15. The highest BCUT2D eigenvalue weighted by molar-refractivity contribution is 5.98. The standard InChI is InChI=1S/C13H19N3O2/c1-2-18-10-5-9(6-10)16-8-3-4-12(14)11(7-8)13(15)17/h3-4,7,9-10,16H,2,5-6,14H2,1H3,(H2,15,17). The monoisotopic (exact) mass is 249 g/mol. The minimum atomic E-state index is -0.503. The summed E-state index contributed by atoms with van der Waals surface area (Å²) < 4.78 is 5.49. The molecule has 1 aromatic carbocycles. The minimum absolute atomic E-state index is 0.358. The SMILES string of the molecule is CCOC1CC(Nc2ccc(N)c(C(N)=O)c2)C1. The molecule has 1 fully saturated rings. The number of rotatable bonds is 5. The van der Waals surface area contributed by atoms with E-state index in [4.69, 9.17) is 16.2 Å². The summed E-state index contributed by atoms with van der Waals surface area (Å²) in [5, 5.41) is 3.35. The summed E-state index contributed by atoms with van der Waals surface area (Å²) in [5.74, 6) is -0.503. The first-order valence-corrected chi connectivity index (χ1v) is 6.17. The van der Waals surface area contributed by atoms with Crippen LogP contribution < -0.4 is 16.8 Å². The third kappa shape index (κ3) is 2.73. The molecule has 0 spiro atoms. The summed E-state index contributed by atoms with van der Waals surface area (Å²) in [6.45, 7) is 2.75. The number of nitrogen functional groups attached to an aromatic ring is 1. The van der Waals surface area contributed by atoms with Gasteiger partial charge in [0.15, 0.2) is 0 Å². The van der Waals surface area contributed by atoms with Crippen LogP contribution in [0.4, 0.5) is 11.4 Å². The first-order valence-electron chi connectivity index (χ1n) is 6.17. The van der Waals surface area contributed by atoms with Gasteiger partial charge in [-0.15, -0.1) is 0 Å². The molecule has 0 unspecified atom stereocenters. The summed E-state index contributed by atoms with van der Waals surface area (Å²) in [6, 6.07) is 5.65. The zero-order valence-electron chi connectivity index (χ0n) is 10.5. The molecule has 0 saturated heterocycles. The van der Waals surface area contributed by atoms with Crippen LogP contribution in [0.25, 0.3) is 0 Å². The Bertz CT molecular complexity index is 442. The normalized spacial score (nSPS) is 22.3. The lowest BCUT2D eigenvalue weighted by Gasteiger charge is -2.36. The predicted molar refractivity (Wildman–Crippen MR) is 71.4 cm³/mol. The number of amides is 1. The Morgan fingerprint density at radius 3 is 2.83 bits per heavy atom. The van der Waals surface area contributed by atoms with Crippen LogP contribution in [-0.4, -0.2) is 24.7 Å². The van der Waals surface area contributed by atoms with E-state index in [0.29, 0.717) is 23.4 Å². The maximum atomic E-state index is 11.2. The molecule has 2 rings (SSSR count). The third-order valence-corrected chi connectivity index (χ3v) is 3.19. The molecule has 5 heteroatoms. The molecule has 0 atom stereocenters. The van der Waals surface area contributed by atoms with Gasteiger partial charge in [0.1, 0.15) is 0 Å². The van der Waals surface area contributed by atoms with Gasteiger partial charge in [0, 0.05) is 24.0 Å². The molecule has 5 N–H and O–H groups in total. The van der Waals surface area contributed by atoms with Crippen molar-refractivity contribution in [1.82, 2.24) is 0 Å². The summed E-state index contributed by atoms with van der Waals surface area (Å²) in [7, 11) is 0. The minimum Gasteiger partial charge on any atom is -0.398 e. The van der Waals surface area contributed by atoms with Gasteiger partial charge in [0.25, 0.3) is 5.91 Å². The average molecular weight is 249 g/mol. The molecule has 0 aromatic heterocycles. The van der Waals surface area contributed by atoms with Gasteiger partial charge in [0.2, 0.25) is 0 Å². The molecule has 0 heterocycles. The number of primary amides is 1. The molecule has 18 heavy (non-hydrogen) atoms. The van der Waals surface area contributed by atoms with E-state index in [1.165, 1.54) is 0 Å². The molecular weight excluding hydrogens is 230 g/mol. The van der Waals surface area contributed by atoms with E-state index in [0.717, 1.165) is 25.1 Å². The summed E-state index contributed by atoms with van der Waals surface area (Å²) >= 11 is 0. The number of benzene rings is 1. The fourth-order valence-corrected chi connectivity index (χ4v) is 2.15. The third-order valence-electron chi connectivity index (χ3n) is 3.19. The highest BCUT2D eigenvalue weighted by atomic mass is 16.5. The zero-order chi connectivity index (χ0) is 13.1. The molecule has 1 aliphatic rings. The van der Waals surface area contributed by atoms with Crippen molar-refractivity contribution in [2.75, 3.05) is 17.7 Å². The van der Waals surface area contributed by atoms with Crippen LogP contribution in [0.5, 0.6) is 0 Å². The van der Waals surface area contributed by atoms with Crippen LogP contribution in [0.2, 0.25) is 0 Å². The van der Waals surface area contributed by atoms with Gasteiger partial charge in [-0.3, -0.25) is 4.79 Å². The number of nitrogens with one attached hydrogen (secondary N) is 1. The Labute approximate surface area is 106 Å². The van der Waals surface area contributed by atoms with E-state index in [9.17, 15) is 4.79 Å². The van der Waals surface area contributed by atoms with E-state index in [-0.39, 0.29) is 0 Å². The lowest BCUT2D eigenvalue weighted by atomic mass is 9.89. The Balaban J connectivity index is 1.95. The number of carbonyl (C=O) groups is 1. The van der Waals surface area contributed by atoms with Crippen molar-refractivity contribution >= 4 is 17.3 Å². The maximum absolute atomic E-state index is 11.2. The van der Waals surface area contributed by atoms with Crippen LogP contribution in [-0.2, 0) is 4.74 Å². The highest BCUT2D eigenvalue weighted by Crippen LogP contribution is 2.27. The first kappa shape index (κ1) is 12.7. The van der Waals surface area contributed by atoms with E-state index in [1.54, 1.807) is 12.1 Å². The van der Waals surface area contributed by atoms with Crippen molar-refractivity contribution < 1.29 is 9.53 Å². The second-order valence-electron chi connectivity index (χ2n) is 4.56. The van der Waals surface area contributed by atoms with Crippen LogP contribution >= 0.6 is 0 Å². The van der Waals surface area contributed by atoms with E-state index >= 15 is 0 Å². The van der Waals surface area contributed by atoms with Gasteiger partial charge < -0.3 is 21.5 Å². The van der Waals surface area contributed by atoms with Crippen LogP contribution in [0.15, 0.2) is 18.2 Å². The molecule has 1 aliphatic carbocycles. The fraction of sp³-hybridized carbons (Fsp3) is 0.462. The van der Waals surface area contributed by atoms with Crippen LogP contribution in [0.1, 0.15) is 30.1 Å². The van der Waals surface area contributed by atoms with Crippen molar-refractivity contribution in [3.63, 3.8) is 0 Å². The first-order chi connectivity index (χ1) is 8.60. The van der Waals surface area contributed by atoms with Gasteiger partial charge in [-0.2, -0.15) is 0 Å². The van der Waals surface area contributed by atoms with Crippen LogP contribution in [0, 0.1) is 0 Å². The molecule has 1 amide bonds. The quantitative estimate of drug-likeness (QED) is 0.687. The van der Waals surface area contributed by atoms with Crippen molar-refractivity contribution in [1.29, 1.82) is 0 Å². The predicted octanol–water partition coefficient (Wildman–Crippen LogP) is 1.35. The zero-order valence-corrected chi connectivity index (χ0v) is 10.5. The second kappa shape index (κ2) is 5.27. The lowest BCUT2D eigenvalue weighted by Crippen LogP contribution is -2.40.